The number of esters is 1. The third-order valence-corrected chi connectivity index (χ3v) is 8.46. The zero-order valence-electron chi connectivity index (χ0n) is 28.0. The zero-order valence-corrected chi connectivity index (χ0v) is 28.0. The quantitative estimate of drug-likeness (QED) is 0.0462. The second kappa shape index (κ2) is 37.2. The number of carbonyl (C=O) groups is 1. The topological polar surface area (TPSA) is 46.5 Å². The molecule has 3 heteroatoms. The molecule has 0 aromatic heterocycles. The molecular formula is C38H74O3. The summed E-state index contributed by atoms with van der Waals surface area (Å²) in [5.74, 6) is 0.0110. The Morgan fingerprint density at radius 3 is 1.22 bits per heavy atom. The van der Waals surface area contributed by atoms with Gasteiger partial charge in [0.1, 0.15) is 0 Å². The number of aliphatic hydroxyl groups is 1. The summed E-state index contributed by atoms with van der Waals surface area (Å²) in [7, 11) is 0. The SMILES string of the molecule is CCCCCCCC/C=C\CCCCCCCC(=O)OCCCCCCCCCCCCCCCCCCCCO. The van der Waals surface area contributed by atoms with Gasteiger partial charge in [0.25, 0.3) is 0 Å². The van der Waals surface area contributed by atoms with Crippen molar-refractivity contribution in [3.05, 3.63) is 12.2 Å². The van der Waals surface area contributed by atoms with Crippen molar-refractivity contribution in [2.24, 2.45) is 0 Å². The van der Waals surface area contributed by atoms with E-state index in [0.29, 0.717) is 19.6 Å². The number of rotatable bonds is 35. The fourth-order valence-electron chi connectivity index (χ4n) is 5.64. The first-order chi connectivity index (χ1) is 20.3. The molecule has 0 atom stereocenters. The van der Waals surface area contributed by atoms with E-state index in [9.17, 15) is 4.79 Å². The van der Waals surface area contributed by atoms with Crippen LogP contribution in [0, 0.1) is 0 Å². The van der Waals surface area contributed by atoms with Crippen LogP contribution in [0.1, 0.15) is 212 Å². The molecule has 0 fully saturated rings. The summed E-state index contributed by atoms with van der Waals surface area (Å²) in [6.45, 7) is 3.25. The Labute approximate surface area is 258 Å². The van der Waals surface area contributed by atoms with E-state index in [2.05, 4.69) is 19.1 Å². The van der Waals surface area contributed by atoms with E-state index in [1.807, 2.05) is 0 Å². The van der Waals surface area contributed by atoms with Gasteiger partial charge < -0.3 is 9.84 Å². The van der Waals surface area contributed by atoms with Crippen LogP contribution < -0.4 is 0 Å². The molecule has 244 valence electrons. The zero-order chi connectivity index (χ0) is 29.7. The summed E-state index contributed by atoms with van der Waals surface area (Å²) < 4.78 is 5.44. The summed E-state index contributed by atoms with van der Waals surface area (Å²) in [6, 6.07) is 0. The van der Waals surface area contributed by atoms with Crippen molar-refractivity contribution in [1.29, 1.82) is 0 Å². The molecule has 0 saturated carbocycles. The Morgan fingerprint density at radius 2 is 0.805 bits per heavy atom. The first-order valence-corrected chi connectivity index (χ1v) is 18.7. The third kappa shape index (κ3) is 37.1. The lowest BCUT2D eigenvalue weighted by molar-refractivity contribution is -0.143. The van der Waals surface area contributed by atoms with Crippen molar-refractivity contribution in [1.82, 2.24) is 0 Å². The fourth-order valence-corrected chi connectivity index (χ4v) is 5.64. The predicted molar refractivity (Wildman–Crippen MR) is 181 cm³/mol. The van der Waals surface area contributed by atoms with E-state index in [1.54, 1.807) is 0 Å². The molecule has 0 amide bonds. The van der Waals surface area contributed by atoms with E-state index < -0.39 is 0 Å². The minimum absolute atomic E-state index is 0.0110. The normalized spacial score (nSPS) is 11.6. The van der Waals surface area contributed by atoms with Crippen LogP contribution in [0.15, 0.2) is 12.2 Å². The lowest BCUT2D eigenvalue weighted by Crippen LogP contribution is -2.05. The number of hydrogen-bond acceptors (Lipinski definition) is 3. The average Bonchev–Trinajstić information content (AvgIpc) is 2.98. The van der Waals surface area contributed by atoms with Gasteiger partial charge in [-0.2, -0.15) is 0 Å². The van der Waals surface area contributed by atoms with Gasteiger partial charge in [-0.25, -0.2) is 0 Å². The van der Waals surface area contributed by atoms with Crippen LogP contribution in [-0.2, 0) is 9.53 Å². The molecule has 0 spiro atoms. The number of unbranched alkanes of at least 4 members (excludes halogenated alkanes) is 28. The molecule has 0 radical (unpaired) electrons. The Hall–Kier alpha value is -0.830. The molecule has 0 aliphatic rings. The van der Waals surface area contributed by atoms with Crippen LogP contribution in [0.3, 0.4) is 0 Å². The second-order valence-corrected chi connectivity index (χ2v) is 12.6. The number of hydrogen-bond donors (Lipinski definition) is 1. The van der Waals surface area contributed by atoms with Gasteiger partial charge in [-0.05, 0) is 44.9 Å². The summed E-state index contributed by atoms with van der Waals surface area (Å²) in [4.78, 5) is 11.9. The standard InChI is InChI=1S/C38H74O3/c1-2-3-4-5-6-7-8-9-14-17-20-23-26-29-32-35-38(40)41-37-34-31-28-25-22-19-16-13-11-10-12-15-18-21-24-27-30-33-36-39/h9,14,39H,2-8,10-13,15-37H2,1H3/b14-9-. The smallest absolute Gasteiger partial charge is 0.305 e. The van der Waals surface area contributed by atoms with E-state index in [4.69, 9.17) is 9.84 Å². The molecule has 41 heavy (non-hydrogen) atoms. The van der Waals surface area contributed by atoms with Gasteiger partial charge in [-0.3, -0.25) is 4.79 Å². The predicted octanol–water partition coefficient (Wildman–Crippen LogP) is 12.6. The Kier molecular flexibility index (Phi) is 36.4. The molecule has 0 aliphatic carbocycles. The molecule has 1 N–H and O–H groups in total. The molecule has 0 aromatic rings. The van der Waals surface area contributed by atoms with Gasteiger partial charge in [0.2, 0.25) is 0 Å². The van der Waals surface area contributed by atoms with Crippen LogP contribution in [0.5, 0.6) is 0 Å². The van der Waals surface area contributed by atoms with E-state index in [1.165, 1.54) is 173 Å². The van der Waals surface area contributed by atoms with Gasteiger partial charge in [0, 0.05) is 13.0 Å². The molecular weight excluding hydrogens is 504 g/mol. The van der Waals surface area contributed by atoms with Crippen molar-refractivity contribution >= 4 is 5.97 Å². The third-order valence-electron chi connectivity index (χ3n) is 8.46. The fraction of sp³-hybridized carbons (Fsp3) is 0.921. The highest BCUT2D eigenvalue weighted by Gasteiger charge is 2.02. The number of aliphatic hydroxyl groups excluding tert-OH is 1. The summed E-state index contributed by atoms with van der Waals surface area (Å²) in [5, 5.41) is 8.78. The Morgan fingerprint density at radius 1 is 0.463 bits per heavy atom. The molecule has 0 rings (SSSR count). The summed E-state index contributed by atoms with van der Waals surface area (Å²) >= 11 is 0. The highest BCUT2D eigenvalue weighted by Crippen LogP contribution is 2.15. The first kappa shape index (κ1) is 40.2. The van der Waals surface area contributed by atoms with Crippen LogP contribution in [-0.4, -0.2) is 24.3 Å². The maximum Gasteiger partial charge on any atom is 0.305 e. The van der Waals surface area contributed by atoms with Crippen molar-refractivity contribution in [3.8, 4) is 0 Å². The number of allylic oxidation sites excluding steroid dienone is 2. The number of ether oxygens (including phenoxy) is 1. The van der Waals surface area contributed by atoms with Crippen LogP contribution in [0.2, 0.25) is 0 Å². The van der Waals surface area contributed by atoms with Crippen molar-refractivity contribution in [3.63, 3.8) is 0 Å². The van der Waals surface area contributed by atoms with Crippen LogP contribution in [0.25, 0.3) is 0 Å². The minimum atomic E-state index is 0.0110. The molecule has 3 nitrogen and oxygen atoms in total. The Bertz CT molecular complexity index is 516. The molecule has 0 aliphatic heterocycles. The minimum Gasteiger partial charge on any atom is -0.466 e. The van der Waals surface area contributed by atoms with Gasteiger partial charge in [-0.15, -0.1) is 0 Å². The second-order valence-electron chi connectivity index (χ2n) is 12.6. The maximum absolute atomic E-state index is 11.9. The lowest BCUT2D eigenvalue weighted by atomic mass is 10.0. The van der Waals surface area contributed by atoms with Gasteiger partial charge in [0.15, 0.2) is 0 Å². The molecule has 0 saturated heterocycles. The maximum atomic E-state index is 11.9. The average molecular weight is 579 g/mol. The highest BCUT2D eigenvalue weighted by atomic mass is 16.5. The lowest BCUT2D eigenvalue weighted by Gasteiger charge is -2.06. The van der Waals surface area contributed by atoms with Gasteiger partial charge in [-0.1, -0.05) is 173 Å². The largest absolute Gasteiger partial charge is 0.466 e. The van der Waals surface area contributed by atoms with E-state index in [0.717, 1.165) is 25.7 Å². The highest BCUT2D eigenvalue weighted by molar-refractivity contribution is 5.69. The summed E-state index contributed by atoms with van der Waals surface area (Å²) in [6.07, 6.45) is 45.8. The molecule has 0 heterocycles. The Balaban J connectivity index is 3.17. The van der Waals surface area contributed by atoms with Crippen LogP contribution >= 0.6 is 0 Å². The van der Waals surface area contributed by atoms with Crippen molar-refractivity contribution in [2.45, 2.75) is 212 Å². The van der Waals surface area contributed by atoms with Crippen molar-refractivity contribution in [2.75, 3.05) is 13.2 Å². The molecule has 0 unspecified atom stereocenters. The summed E-state index contributed by atoms with van der Waals surface area (Å²) in [5.41, 5.74) is 0. The van der Waals surface area contributed by atoms with Crippen LogP contribution in [0.4, 0.5) is 0 Å². The number of carbonyl (C=O) groups excluding carboxylic acids is 1. The first-order valence-electron chi connectivity index (χ1n) is 18.7. The van der Waals surface area contributed by atoms with Gasteiger partial charge in [0.05, 0.1) is 6.61 Å². The van der Waals surface area contributed by atoms with Gasteiger partial charge >= 0.3 is 5.97 Å². The van der Waals surface area contributed by atoms with E-state index in [-0.39, 0.29) is 5.97 Å². The van der Waals surface area contributed by atoms with E-state index >= 15 is 0 Å². The van der Waals surface area contributed by atoms with Crippen molar-refractivity contribution < 1.29 is 14.6 Å². The molecule has 0 aromatic carbocycles. The monoisotopic (exact) mass is 579 g/mol. The molecule has 0 bridgehead atoms.